The molecule has 28 heavy (non-hydrogen) atoms. The lowest BCUT2D eigenvalue weighted by Gasteiger charge is -2.03. The summed E-state index contributed by atoms with van der Waals surface area (Å²) in [5, 5.41) is 0. The van der Waals surface area contributed by atoms with E-state index in [0.717, 1.165) is 5.56 Å². The average Bonchev–Trinajstić information content (AvgIpc) is 3.08. The lowest BCUT2D eigenvalue weighted by atomic mass is 10.1. The van der Waals surface area contributed by atoms with Gasteiger partial charge in [-0.1, -0.05) is 24.8 Å². The molecule has 0 amide bonds. The van der Waals surface area contributed by atoms with Crippen molar-refractivity contribution in [1.29, 1.82) is 0 Å². The van der Waals surface area contributed by atoms with Gasteiger partial charge in [0.2, 0.25) is 0 Å². The highest BCUT2D eigenvalue weighted by atomic mass is 16.5. The molecular formula is C21H18N2O5. The summed E-state index contributed by atoms with van der Waals surface area (Å²) in [5.74, 6) is -0.295. The monoisotopic (exact) mass is 378 g/mol. The van der Waals surface area contributed by atoms with Crippen LogP contribution in [0.2, 0.25) is 0 Å². The topological polar surface area (TPSA) is 101 Å². The summed E-state index contributed by atoms with van der Waals surface area (Å²) in [4.78, 5) is 40.4. The normalized spacial score (nSPS) is 10.9. The number of hydrogen-bond donors (Lipinski definition) is 2. The third kappa shape index (κ3) is 4.85. The molecule has 0 atom stereocenters. The fraction of sp³-hybridized carbons (Fsp3) is 0.0952. The molecule has 1 aromatic heterocycles. The minimum absolute atomic E-state index is 0.342. The first-order valence-electron chi connectivity index (χ1n) is 8.49. The van der Waals surface area contributed by atoms with Crippen molar-refractivity contribution >= 4 is 28.9 Å². The number of fused-ring (bicyclic) bond motifs is 1. The minimum Gasteiger partial charge on any atom is -0.490 e. The van der Waals surface area contributed by atoms with Crippen molar-refractivity contribution in [3.63, 3.8) is 0 Å². The summed E-state index contributed by atoms with van der Waals surface area (Å²) in [6.45, 7) is 3.61. The van der Waals surface area contributed by atoms with Gasteiger partial charge in [-0.3, -0.25) is 4.79 Å². The van der Waals surface area contributed by atoms with E-state index in [1.165, 1.54) is 12.1 Å². The highest BCUT2D eigenvalue weighted by Gasteiger charge is 2.10. The number of benzene rings is 2. The van der Waals surface area contributed by atoms with E-state index in [4.69, 9.17) is 9.47 Å². The second kappa shape index (κ2) is 8.68. The molecule has 0 saturated carbocycles. The molecule has 0 aliphatic rings. The van der Waals surface area contributed by atoms with E-state index in [9.17, 15) is 14.4 Å². The number of H-pyrrole nitrogens is 2. The van der Waals surface area contributed by atoms with Crippen LogP contribution in [0.5, 0.6) is 5.75 Å². The largest absolute Gasteiger partial charge is 0.490 e. The van der Waals surface area contributed by atoms with Gasteiger partial charge >= 0.3 is 11.7 Å². The van der Waals surface area contributed by atoms with Crippen LogP contribution in [0.1, 0.15) is 15.9 Å². The van der Waals surface area contributed by atoms with Crippen molar-refractivity contribution in [2.24, 2.45) is 0 Å². The Hall–Kier alpha value is -3.87. The maximum atomic E-state index is 12.2. The maximum absolute atomic E-state index is 12.2. The van der Waals surface area contributed by atoms with Gasteiger partial charge in [0.1, 0.15) is 12.4 Å². The zero-order chi connectivity index (χ0) is 19.9. The van der Waals surface area contributed by atoms with Crippen LogP contribution in [0, 0.1) is 0 Å². The second-order valence-corrected chi connectivity index (χ2v) is 5.87. The fourth-order valence-electron chi connectivity index (χ4n) is 2.47. The van der Waals surface area contributed by atoms with Gasteiger partial charge < -0.3 is 19.4 Å². The summed E-state index contributed by atoms with van der Waals surface area (Å²) in [6, 6.07) is 11.9. The maximum Gasteiger partial charge on any atom is 0.331 e. The average molecular weight is 378 g/mol. The van der Waals surface area contributed by atoms with Crippen LogP contribution < -0.4 is 10.4 Å². The Kier molecular flexibility index (Phi) is 5.86. The molecule has 0 aliphatic carbocycles. The molecule has 0 spiro atoms. The zero-order valence-corrected chi connectivity index (χ0v) is 14.9. The summed E-state index contributed by atoms with van der Waals surface area (Å²) in [7, 11) is 0. The van der Waals surface area contributed by atoms with Crippen LogP contribution >= 0.6 is 0 Å². The van der Waals surface area contributed by atoms with Gasteiger partial charge in [-0.05, 0) is 42.0 Å². The Bertz CT molecular complexity index is 1090. The van der Waals surface area contributed by atoms with Gasteiger partial charge in [0.25, 0.3) is 0 Å². The van der Waals surface area contributed by atoms with E-state index in [2.05, 4.69) is 16.5 Å². The number of esters is 1. The lowest BCUT2D eigenvalue weighted by Crippen LogP contribution is -2.12. The third-order valence-corrected chi connectivity index (χ3v) is 3.84. The van der Waals surface area contributed by atoms with E-state index >= 15 is 0 Å². The molecule has 7 nitrogen and oxygen atoms in total. The van der Waals surface area contributed by atoms with Crippen LogP contribution in [0.4, 0.5) is 0 Å². The van der Waals surface area contributed by atoms with E-state index < -0.39 is 12.6 Å². The minimum atomic E-state index is -0.628. The zero-order valence-electron chi connectivity index (χ0n) is 14.9. The van der Waals surface area contributed by atoms with Gasteiger partial charge in [0.15, 0.2) is 12.4 Å². The Morgan fingerprint density at radius 3 is 2.54 bits per heavy atom. The number of Topliss-reactive ketones (excluding diaryl/α,β-unsaturated/α-hetero) is 1. The molecule has 2 N–H and O–H groups in total. The Labute approximate surface area is 160 Å². The van der Waals surface area contributed by atoms with Crippen LogP contribution in [-0.2, 0) is 9.53 Å². The first-order valence-corrected chi connectivity index (χ1v) is 8.49. The van der Waals surface area contributed by atoms with Gasteiger partial charge in [0.05, 0.1) is 11.0 Å². The predicted molar refractivity (Wildman–Crippen MR) is 105 cm³/mol. The molecule has 2 aromatic carbocycles. The summed E-state index contributed by atoms with van der Waals surface area (Å²) in [6.07, 6.45) is 4.49. The number of rotatable bonds is 8. The lowest BCUT2D eigenvalue weighted by molar-refractivity contribution is -0.136. The summed E-state index contributed by atoms with van der Waals surface area (Å²) >= 11 is 0. The number of aromatic nitrogens is 2. The van der Waals surface area contributed by atoms with Crippen molar-refractivity contribution in [2.45, 2.75) is 0 Å². The van der Waals surface area contributed by atoms with E-state index in [1.807, 2.05) is 0 Å². The highest BCUT2D eigenvalue weighted by Crippen LogP contribution is 2.13. The highest BCUT2D eigenvalue weighted by molar-refractivity contribution is 6.01. The molecule has 0 bridgehead atoms. The number of imidazole rings is 1. The van der Waals surface area contributed by atoms with Crippen molar-refractivity contribution < 1.29 is 19.1 Å². The van der Waals surface area contributed by atoms with Crippen LogP contribution in [0.25, 0.3) is 17.1 Å². The molecule has 1 heterocycles. The standard InChI is InChI=1S/C21H18N2O5/c1-2-11-27-16-7-3-14(4-8-16)5-10-20(25)28-13-19(24)15-6-9-17-18(12-15)23-21(26)22-17/h2-10,12H,1,11,13H2,(H2,22,23,26)/b10-5+. The van der Waals surface area contributed by atoms with Crippen LogP contribution in [0.3, 0.4) is 0 Å². The van der Waals surface area contributed by atoms with E-state index in [1.54, 1.807) is 48.6 Å². The molecule has 3 rings (SSSR count). The van der Waals surface area contributed by atoms with E-state index in [-0.39, 0.29) is 11.5 Å². The number of ether oxygens (including phenoxy) is 2. The number of carbonyl (C=O) groups is 2. The first-order chi connectivity index (χ1) is 13.5. The van der Waals surface area contributed by atoms with Gasteiger partial charge in [-0.2, -0.15) is 0 Å². The molecule has 0 radical (unpaired) electrons. The molecule has 0 fully saturated rings. The number of aromatic amines is 2. The van der Waals surface area contributed by atoms with Crippen molar-refractivity contribution in [2.75, 3.05) is 13.2 Å². The quantitative estimate of drug-likeness (QED) is 0.272. The number of hydrogen-bond acceptors (Lipinski definition) is 5. The molecular weight excluding hydrogens is 360 g/mol. The van der Waals surface area contributed by atoms with E-state index in [0.29, 0.717) is 29.0 Å². The third-order valence-electron chi connectivity index (χ3n) is 3.84. The molecule has 0 aliphatic heterocycles. The Morgan fingerprint density at radius 1 is 1.04 bits per heavy atom. The van der Waals surface area contributed by atoms with Crippen molar-refractivity contribution in [3.8, 4) is 5.75 Å². The van der Waals surface area contributed by atoms with Crippen molar-refractivity contribution in [3.05, 3.63) is 82.8 Å². The molecule has 142 valence electrons. The Morgan fingerprint density at radius 2 is 1.79 bits per heavy atom. The Balaban J connectivity index is 1.53. The van der Waals surface area contributed by atoms with Crippen LogP contribution in [-0.4, -0.2) is 34.9 Å². The van der Waals surface area contributed by atoms with Crippen molar-refractivity contribution in [1.82, 2.24) is 9.97 Å². The second-order valence-electron chi connectivity index (χ2n) is 5.87. The van der Waals surface area contributed by atoms with Gasteiger partial charge in [0, 0.05) is 11.6 Å². The molecule has 0 unspecified atom stereocenters. The number of ketones is 1. The first kappa shape index (κ1) is 18.9. The van der Waals surface area contributed by atoms with Gasteiger partial charge in [-0.25, -0.2) is 9.59 Å². The summed E-state index contributed by atoms with van der Waals surface area (Å²) < 4.78 is 10.4. The number of nitrogens with one attached hydrogen (secondary N) is 2. The summed E-state index contributed by atoms with van der Waals surface area (Å²) in [5.41, 5.74) is 1.90. The number of carbonyl (C=O) groups excluding carboxylic acids is 2. The molecule has 3 aromatic rings. The smallest absolute Gasteiger partial charge is 0.331 e. The SMILES string of the molecule is C=CCOc1ccc(/C=C/C(=O)OCC(=O)c2ccc3[nH]c(=O)[nH]c3c2)cc1. The van der Waals surface area contributed by atoms with Crippen LogP contribution in [0.15, 0.2) is 66.0 Å². The molecule has 0 saturated heterocycles. The van der Waals surface area contributed by atoms with Gasteiger partial charge in [-0.15, -0.1) is 0 Å². The predicted octanol–water partition coefficient (Wildman–Crippen LogP) is 2.86. The fourth-order valence-corrected chi connectivity index (χ4v) is 2.47. The molecule has 7 heteroatoms.